The Hall–Kier alpha value is -1.73. The molecule has 0 radical (unpaired) electrons. The number of anilines is 1. The van der Waals surface area contributed by atoms with Crippen molar-refractivity contribution in [3.8, 4) is 0 Å². The van der Waals surface area contributed by atoms with Crippen LogP contribution in [0.5, 0.6) is 0 Å². The molecule has 1 aromatic rings. The Morgan fingerprint density at radius 3 is 2.80 bits per heavy atom. The van der Waals surface area contributed by atoms with Crippen LogP contribution in [-0.4, -0.2) is 72.9 Å². The van der Waals surface area contributed by atoms with E-state index < -0.39 is 0 Å². The normalized spacial score (nSPS) is 21.4. The first-order valence-electron chi connectivity index (χ1n) is 9.16. The molecule has 7 heteroatoms. The van der Waals surface area contributed by atoms with Crippen LogP contribution in [0.2, 0.25) is 0 Å². The Balaban J connectivity index is 1.42. The molecule has 2 fully saturated rings. The van der Waals surface area contributed by atoms with E-state index in [2.05, 4.69) is 14.9 Å². The Morgan fingerprint density at radius 2 is 2.08 bits per heavy atom. The summed E-state index contributed by atoms with van der Waals surface area (Å²) in [6.45, 7) is 8.32. The number of carbonyl (C=O) groups is 1. The number of hydrogen-bond donors (Lipinski definition) is 0. The maximum atomic E-state index is 12.3. The van der Waals surface area contributed by atoms with Gasteiger partial charge in [0.2, 0.25) is 5.91 Å². The van der Waals surface area contributed by atoms with Crippen LogP contribution in [0.1, 0.15) is 30.7 Å². The zero-order valence-corrected chi connectivity index (χ0v) is 15.2. The van der Waals surface area contributed by atoms with Gasteiger partial charge >= 0.3 is 0 Å². The monoisotopic (exact) mass is 348 g/mol. The number of piperazine rings is 1. The van der Waals surface area contributed by atoms with Gasteiger partial charge in [-0.1, -0.05) is 0 Å². The van der Waals surface area contributed by atoms with E-state index in [-0.39, 0.29) is 18.6 Å². The maximum Gasteiger partial charge on any atom is 0.248 e. The van der Waals surface area contributed by atoms with Gasteiger partial charge in [-0.2, -0.15) is 0 Å². The highest BCUT2D eigenvalue weighted by Gasteiger charge is 2.23. The average molecular weight is 348 g/mol. The molecule has 0 aliphatic carbocycles. The third-order valence-electron chi connectivity index (χ3n) is 4.79. The largest absolute Gasteiger partial charge is 0.376 e. The zero-order valence-electron chi connectivity index (χ0n) is 15.2. The summed E-state index contributed by atoms with van der Waals surface area (Å²) in [5, 5.41) is 0. The number of hydrogen-bond acceptors (Lipinski definition) is 6. The van der Waals surface area contributed by atoms with Crippen molar-refractivity contribution in [2.24, 2.45) is 0 Å². The van der Waals surface area contributed by atoms with Crippen molar-refractivity contribution >= 4 is 11.7 Å². The Bertz CT molecular complexity index is 582. The lowest BCUT2D eigenvalue weighted by atomic mass is 10.1. The predicted octanol–water partition coefficient (Wildman–Crippen LogP) is 1.33. The van der Waals surface area contributed by atoms with Gasteiger partial charge in [0.1, 0.15) is 12.4 Å². The molecule has 2 aliphatic rings. The second-order valence-electron chi connectivity index (χ2n) is 6.79. The molecule has 0 N–H and O–H groups in total. The van der Waals surface area contributed by atoms with Crippen molar-refractivity contribution in [3.63, 3.8) is 0 Å². The molecule has 2 aliphatic heterocycles. The highest BCUT2D eigenvalue weighted by Crippen LogP contribution is 2.17. The van der Waals surface area contributed by atoms with Gasteiger partial charge in [0.25, 0.3) is 0 Å². The zero-order chi connectivity index (χ0) is 17.6. The van der Waals surface area contributed by atoms with E-state index in [1.54, 1.807) is 6.20 Å². The van der Waals surface area contributed by atoms with Crippen molar-refractivity contribution in [2.75, 3.05) is 50.9 Å². The molecule has 25 heavy (non-hydrogen) atoms. The standard InChI is InChI=1S/C18H28N4O3/c1-14-11-19-15(2)18(20-14)22-8-6-21(7-9-22)17(23)13-24-12-16-5-3-4-10-25-16/h11,16H,3-10,12-13H2,1-2H3. The summed E-state index contributed by atoms with van der Waals surface area (Å²) in [6.07, 6.45) is 5.28. The van der Waals surface area contributed by atoms with Crippen molar-refractivity contribution in [2.45, 2.75) is 39.2 Å². The highest BCUT2D eigenvalue weighted by atomic mass is 16.5. The molecule has 2 saturated heterocycles. The topological polar surface area (TPSA) is 67.8 Å². The Morgan fingerprint density at radius 1 is 1.28 bits per heavy atom. The van der Waals surface area contributed by atoms with Crippen molar-refractivity contribution < 1.29 is 14.3 Å². The van der Waals surface area contributed by atoms with Crippen molar-refractivity contribution in [1.29, 1.82) is 0 Å². The fourth-order valence-electron chi connectivity index (χ4n) is 3.30. The van der Waals surface area contributed by atoms with Crippen LogP contribution < -0.4 is 4.90 Å². The molecule has 0 aromatic carbocycles. The minimum absolute atomic E-state index is 0.0579. The number of aryl methyl sites for hydroxylation is 2. The highest BCUT2D eigenvalue weighted by molar-refractivity contribution is 5.77. The third kappa shape index (κ3) is 4.89. The number of aromatic nitrogens is 2. The minimum Gasteiger partial charge on any atom is -0.376 e. The summed E-state index contributed by atoms with van der Waals surface area (Å²) in [5.74, 6) is 0.986. The van der Waals surface area contributed by atoms with E-state index in [4.69, 9.17) is 9.47 Å². The summed E-state index contributed by atoms with van der Waals surface area (Å²) in [4.78, 5) is 25.4. The first kappa shape index (κ1) is 18.1. The summed E-state index contributed by atoms with van der Waals surface area (Å²) in [6, 6.07) is 0. The van der Waals surface area contributed by atoms with E-state index in [9.17, 15) is 4.79 Å². The lowest BCUT2D eigenvalue weighted by molar-refractivity contribution is -0.138. The van der Waals surface area contributed by atoms with Gasteiger partial charge in [-0.25, -0.2) is 4.98 Å². The summed E-state index contributed by atoms with van der Waals surface area (Å²) < 4.78 is 11.2. The lowest BCUT2D eigenvalue weighted by Crippen LogP contribution is -2.50. The molecule has 0 spiro atoms. The van der Waals surface area contributed by atoms with E-state index in [1.807, 2.05) is 18.7 Å². The van der Waals surface area contributed by atoms with Gasteiger partial charge in [-0.05, 0) is 33.1 Å². The molecule has 0 bridgehead atoms. The first-order chi connectivity index (χ1) is 12.1. The molecule has 138 valence electrons. The number of carbonyl (C=O) groups excluding carboxylic acids is 1. The number of rotatable bonds is 5. The smallest absolute Gasteiger partial charge is 0.248 e. The summed E-state index contributed by atoms with van der Waals surface area (Å²) in [5.41, 5.74) is 1.85. The van der Waals surface area contributed by atoms with Gasteiger partial charge in [-0.15, -0.1) is 0 Å². The van der Waals surface area contributed by atoms with Crippen molar-refractivity contribution in [1.82, 2.24) is 14.9 Å². The Labute approximate surface area is 149 Å². The molecule has 1 aromatic heterocycles. The molecular formula is C18H28N4O3. The molecule has 1 atom stereocenters. The number of amides is 1. The van der Waals surface area contributed by atoms with Crippen LogP contribution in [0, 0.1) is 13.8 Å². The predicted molar refractivity (Wildman–Crippen MR) is 94.7 cm³/mol. The fourth-order valence-corrected chi connectivity index (χ4v) is 3.30. The fraction of sp³-hybridized carbons (Fsp3) is 0.722. The SMILES string of the molecule is Cc1cnc(C)c(N2CCN(C(=O)COCC3CCCCO3)CC2)n1. The minimum atomic E-state index is 0.0579. The average Bonchev–Trinajstić information content (AvgIpc) is 2.65. The first-order valence-corrected chi connectivity index (χ1v) is 9.16. The van der Waals surface area contributed by atoms with Gasteiger partial charge in [0.15, 0.2) is 0 Å². The molecule has 1 amide bonds. The van der Waals surface area contributed by atoms with Crippen LogP contribution in [0.15, 0.2) is 6.20 Å². The number of ether oxygens (including phenoxy) is 2. The van der Waals surface area contributed by atoms with E-state index in [0.717, 1.165) is 49.7 Å². The van der Waals surface area contributed by atoms with Crippen LogP contribution in [-0.2, 0) is 14.3 Å². The van der Waals surface area contributed by atoms with E-state index >= 15 is 0 Å². The van der Waals surface area contributed by atoms with Crippen LogP contribution in [0.25, 0.3) is 0 Å². The van der Waals surface area contributed by atoms with E-state index in [0.29, 0.717) is 19.7 Å². The molecule has 3 rings (SSSR count). The molecule has 1 unspecified atom stereocenters. The second-order valence-corrected chi connectivity index (χ2v) is 6.79. The van der Waals surface area contributed by atoms with Gasteiger partial charge < -0.3 is 19.3 Å². The van der Waals surface area contributed by atoms with Gasteiger partial charge in [0, 0.05) is 39.0 Å². The number of nitrogens with zero attached hydrogens (tertiary/aromatic N) is 4. The quantitative estimate of drug-likeness (QED) is 0.800. The van der Waals surface area contributed by atoms with Crippen LogP contribution in [0.4, 0.5) is 5.82 Å². The van der Waals surface area contributed by atoms with Crippen LogP contribution in [0.3, 0.4) is 0 Å². The molecule has 0 saturated carbocycles. The van der Waals surface area contributed by atoms with Crippen molar-refractivity contribution in [3.05, 3.63) is 17.6 Å². The van der Waals surface area contributed by atoms with Gasteiger partial charge in [0.05, 0.1) is 24.1 Å². The van der Waals surface area contributed by atoms with E-state index in [1.165, 1.54) is 6.42 Å². The second kappa shape index (κ2) is 8.58. The molecule has 7 nitrogen and oxygen atoms in total. The summed E-state index contributed by atoms with van der Waals surface area (Å²) in [7, 11) is 0. The third-order valence-corrected chi connectivity index (χ3v) is 4.79. The summed E-state index contributed by atoms with van der Waals surface area (Å²) >= 11 is 0. The van der Waals surface area contributed by atoms with Crippen LogP contribution >= 0.6 is 0 Å². The molecular weight excluding hydrogens is 320 g/mol. The lowest BCUT2D eigenvalue weighted by Gasteiger charge is -2.36. The van der Waals surface area contributed by atoms with Gasteiger partial charge in [-0.3, -0.25) is 9.78 Å². The molecule has 3 heterocycles. The Kier molecular flexibility index (Phi) is 6.20. The maximum absolute atomic E-state index is 12.3.